The molecule has 1 aliphatic rings. The minimum absolute atomic E-state index is 0.167. The van der Waals surface area contributed by atoms with Crippen LogP contribution in [0.3, 0.4) is 0 Å². The third-order valence-corrected chi connectivity index (χ3v) is 6.28. The molecule has 0 saturated carbocycles. The number of nitrogens with zero attached hydrogens (tertiary/aromatic N) is 2. The van der Waals surface area contributed by atoms with Gasteiger partial charge in [-0.25, -0.2) is 13.4 Å². The number of aliphatic imine (C=N–C) groups is 1. The number of hydrogen-bond donors (Lipinski definition) is 2. The second-order valence-electron chi connectivity index (χ2n) is 6.15. The molecule has 0 atom stereocenters. The van der Waals surface area contributed by atoms with Crippen LogP contribution in [0.15, 0.2) is 63.8 Å². The fraction of sp³-hybridized carbons (Fsp3) is 0.105. The van der Waals surface area contributed by atoms with E-state index in [0.717, 1.165) is 16.3 Å². The van der Waals surface area contributed by atoms with E-state index in [-0.39, 0.29) is 23.2 Å². The van der Waals surface area contributed by atoms with Gasteiger partial charge in [-0.2, -0.15) is 0 Å². The van der Waals surface area contributed by atoms with E-state index in [4.69, 9.17) is 0 Å². The summed E-state index contributed by atoms with van der Waals surface area (Å²) >= 11 is 1.56. The summed E-state index contributed by atoms with van der Waals surface area (Å²) in [7, 11) is -3.61. The van der Waals surface area contributed by atoms with Crippen LogP contribution in [-0.4, -0.2) is 31.7 Å². The molecule has 28 heavy (non-hydrogen) atoms. The quantitative estimate of drug-likeness (QED) is 0.688. The van der Waals surface area contributed by atoms with E-state index in [1.165, 1.54) is 6.07 Å². The van der Waals surface area contributed by atoms with Gasteiger partial charge in [-0.1, -0.05) is 24.3 Å². The molecule has 0 radical (unpaired) electrons. The van der Waals surface area contributed by atoms with E-state index < -0.39 is 10.0 Å². The van der Waals surface area contributed by atoms with Gasteiger partial charge in [-0.3, -0.25) is 14.5 Å². The minimum Gasteiger partial charge on any atom is -0.324 e. The van der Waals surface area contributed by atoms with Gasteiger partial charge in [0.1, 0.15) is 12.4 Å². The lowest BCUT2D eigenvalue weighted by atomic mass is 10.1. The highest BCUT2D eigenvalue weighted by Crippen LogP contribution is 2.24. The van der Waals surface area contributed by atoms with E-state index in [2.05, 4.69) is 20.0 Å². The summed E-state index contributed by atoms with van der Waals surface area (Å²) in [5, 5.41) is 5.72. The van der Waals surface area contributed by atoms with Gasteiger partial charge in [0, 0.05) is 22.2 Å². The Morgan fingerprint density at radius 2 is 2.04 bits per heavy atom. The number of anilines is 1. The Labute approximate surface area is 166 Å². The molecular weight excluding hydrogens is 396 g/mol. The summed E-state index contributed by atoms with van der Waals surface area (Å²) in [5.41, 5.74) is 2.86. The SMILES string of the molecule is Cc1nc(-c2cccc(NC(=O)CN=C3NS(=O)(=O)c4ccccc43)c2)cs1. The molecule has 9 heteroatoms. The van der Waals surface area contributed by atoms with Gasteiger partial charge in [0.15, 0.2) is 0 Å². The Morgan fingerprint density at radius 1 is 1.21 bits per heavy atom. The van der Waals surface area contributed by atoms with Crippen molar-refractivity contribution in [3.63, 3.8) is 0 Å². The van der Waals surface area contributed by atoms with Crippen LogP contribution in [0, 0.1) is 6.92 Å². The fourth-order valence-electron chi connectivity index (χ4n) is 2.85. The van der Waals surface area contributed by atoms with Crippen LogP contribution in [0.4, 0.5) is 5.69 Å². The summed E-state index contributed by atoms with van der Waals surface area (Å²) < 4.78 is 26.5. The van der Waals surface area contributed by atoms with Gasteiger partial charge in [0.05, 0.1) is 15.6 Å². The van der Waals surface area contributed by atoms with Crippen LogP contribution in [0.1, 0.15) is 10.6 Å². The maximum absolute atomic E-state index is 12.3. The molecule has 4 rings (SSSR count). The number of nitrogens with one attached hydrogen (secondary N) is 2. The number of amidine groups is 1. The molecular formula is C19H16N4O3S2. The van der Waals surface area contributed by atoms with E-state index in [0.29, 0.717) is 11.3 Å². The Morgan fingerprint density at radius 3 is 2.82 bits per heavy atom. The van der Waals surface area contributed by atoms with E-state index in [9.17, 15) is 13.2 Å². The Balaban J connectivity index is 1.48. The zero-order chi connectivity index (χ0) is 19.7. The first-order chi connectivity index (χ1) is 13.4. The van der Waals surface area contributed by atoms with Crippen molar-refractivity contribution in [1.29, 1.82) is 0 Å². The summed E-state index contributed by atoms with van der Waals surface area (Å²) in [6.45, 7) is 1.74. The topological polar surface area (TPSA) is 101 Å². The van der Waals surface area contributed by atoms with Crippen molar-refractivity contribution < 1.29 is 13.2 Å². The molecule has 2 heterocycles. The van der Waals surface area contributed by atoms with Gasteiger partial charge >= 0.3 is 0 Å². The predicted octanol–water partition coefficient (Wildman–Crippen LogP) is 2.80. The highest BCUT2D eigenvalue weighted by atomic mass is 32.2. The maximum Gasteiger partial charge on any atom is 0.263 e. The van der Waals surface area contributed by atoms with Crippen molar-refractivity contribution >= 4 is 38.8 Å². The summed E-state index contributed by atoms with van der Waals surface area (Å²) in [6.07, 6.45) is 0. The second-order valence-corrected chi connectivity index (χ2v) is 8.86. The standard InChI is InChI=1S/C19H16N4O3S2/c1-12-21-16(11-27-12)13-5-4-6-14(9-13)22-18(24)10-20-19-15-7-2-3-8-17(15)28(25,26)23-19/h2-9,11H,10H2,1H3,(H,20,23)(H,22,24). The lowest BCUT2D eigenvalue weighted by Gasteiger charge is -2.06. The zero-order valence-electron chi connectivity index (χ0n) is 14.8. The predicted molar refractivity (Wildman–Crippen MR) is 109 cm³/mol. The average molecular weight is 412 g/mol. The van der Waals surface area contributed by atoms with E-state index >= 15 is 0 Å². The molecule has 0 fully saturated rings. The zero-order valence-corrected chi connectivity index (χ0v) is 16.5. The Hall–Kier alpha value is -3.04. The molecule has 0 aliphatic carbocycles. The number of carbonyl (C=O) groups is 1. The first kappa shape index (κ1) is 18.3. The largest absolute Gasteiger partial charge is 0.324 e. The van der Waals surface area contributed by atoms with Crippen molar-refractivity contribution in [3.8, 4) is 11.3 Å². The van der Waals surface area contributed by atoms with Crippen molar-refractivity contribution in [1.82, 2.24) is 9.71 Å². The molecule has 2 aromatic carbocycles. The van der Waals surface area contributed by atoms with E-state index in [1.807, 2.05) is 30.5 Å². The smallest absolute Gasteiger partial charge is 0.263 e. The number of aromatic nitrogens is 1. The number of sulfonamides is 1. The minimum atomic E-state index is -3.61. The highest BCUT2D eigenvalue weighted by Gasteiger charge is 2.30. The first-order valence-electron chi connectivity index (χ1n) is 8.41. The Bertz CT molecular complexity index is 1200. The van der Waals surface area contributed by atoms with Gasteiger partial charge in [0.25, 0.3) is 10.0 Å². The molecule has 1 aliphatic heterocycles. The van der Waals surface area contributed by atoms with Crippen LogP contribution in [0.25, 0.3) is 11.3 Å². The fourth-order valence-corrected chi connectivity index (χ4v) is 4.73. The monoisotopic (exact) mass is 412 g/mol. The van der Waals surface area contributed by atoms with Crippen LogP contribution in [-0.2, 0) is 14.8 Å². The molecule has 0 spiro atoms. The molecule has 142 valence electrons. The van der Waals surface area contributed by atoms with Gasteiger partial charge in [0.2, 0.25) is 5.91 Å². The number of rotatable bonds is 4. The summed E-state index contributed by atoms with van der Waals surface area (Å²) in [4.78, 5) is 21.0. The second kappa shape index (κ2) is 7.17. The molecule has 3 aromatic rings. The number of hydrogen-bond acceptors (Lipinski definition) is 6. The van der Waals surface area contributed by atoms with Crippen molar-refractivity contribution in [2.45, 2.75) is 11.8 Å². The summed E-state index contributed by atoms with van der Waals surface area (Å²) in [5.74, 6) is -0.167. The van der Waals surface area contributed by atoms with Crippen molar-refractivity contribution in [2.75, 3.05) is 11.9 Å². The first-order valence-corrected chi connectivity index (χ1v) is 10.8. The van der Waals surface area contributed by atoms with Gasteiger partial charge in [-0.05, 0) is 31.2 Å². The third kappa shape index (κ3) is 3.67. The number of aryl methyl sites for hydroxylation is 1. The molecule has 7 nitrogen and oxygen atoms in total. The summed E-state index contributed by atoms with van der Waals surface area (Å²) in [6, 6.07) is 13.9. The molecule has 1 amide bonds. The van der Waals surface area contributed by atoms with Crippen LogP contribution in [0.2, 0.25) is 0 Å². The lowest BCUT2D eigenvalue weighted by molar-refractivity contribution is -0.114. The van der Waals surface area contributed by atoms with E-state index in [1.54, 1.807) is 35.6 Å². The molecule has 1 aromatic heterocycles. The number of carbonyl (C=O) groups excluding carboxylic acids is 1. The Kier molecular flexibility index (Phi) is 4.70. The van der Waals surface area contributed by atoms with Crippen LogP contribution >= 0.6 is 11.3 Å². The number of amides is 1. The maximum atomic E-state index is 12.3. The molecule has 0 saturated heterocycles. The average Bonchev–Trinajstić information content (AvgIpc) is 3.22. The third-order valence-electron chi connectivity index (χ3n) is 4.10. The number of fused-ring (bicyclic) bond motifs is 1. The molecule has 0 bridgehead atoms. The lowest BCUT2D eigenvalue weighted by Crippen LogP contribution is -2.24. The van der Waals surface area contributed by atoms with Crippen molar-refractivity contribution in [3.05, 3.63) is 64.5 Å². The van der Waals surface area contributed by atoms with Crippen LogP contribution in [0.5, 0.6) is 0 Å². The number of benzene rings is 2. The molecule has 0 unspecified atom stereocenters. The van der Waals surface area contributed by atoms with Gasteiger partial charge in [-0.15, -0.1) is 11.3 Å². The van der Waals surface area contributed by atoms with Crippen LogP contribution < -0.4 is 10.0 Å². The highest BCUT2D eigenvalue weighted by molar-refractivity contribution is 7.90. The normalized spacial score (nSPS) is 15.8. The van der Waals surface area contributed by atoms with Crippen molar-refractivity contribution in [2.24, 2.45) is 4.99 Å². The molecule has 2 N–H and O–H groups in total. The number of thiazole rings is 1. The van der Waals surface area contributed by atoms with Gasteiger partial charge < -0.3 is 5.32 Å².